The van der Waals surface area contributed by atoms with Gasteiger partial charge in [-0.15, -0.1) is 0 Å². The van der Waals surface area contributed by atoms with Crippen molar-refractivity contribution in [3.05, 3.63) is 35.4 Å². The molecule has 0 amide bonds. The van der Waals surface area contributed by atoms with Gasteiger partial charge in [-0.2, -0.15) is 0 Å². The van der Waals surface area contributed by atoms with Crippen LogP contribution in [0.25, 0.3) is 0 Å². The first kappa shape index (κ1) is 14.4. The number of hydrogen-bond acceptors (Lipinski definition) is 3. The van der Waals surface area contributed by atoms with Gasteiger partial charge in [-0.1, -0.05) is 6.07 Å². The Morgan fingerprint density at radius 2 is 2.21 bits per heavy atom. The van der Waals surface area contributed by atoms with Gasteiger partial charge in [0.15, 0.2) is 11.6 Å². The molecular formula is C14H21F2N3. The van der Waals surface area contributed by atoms with Crippen LogP contribution in [0.1, 0.15) is 12.0 Å². The fraction of sp³-hybridized carbons (Fsp3) is 0.571. The molecule has 1 heterocycles. The lowest BCUT2D eigenvalue weighted by Crippen LogP contribution is -2.50. The highest BCUT2D eigenvalue weighted by atomic mass is 19.2. The Bertz CT molecular complexity index is 412. The van der Waals surface area contributed by atoms with Gasteiger partial charge in [-0.25, -0.2) is 8.78 Å². The van der Waals surface area contributed by atoms with E-state index < -0.39 is 11.6 Å². The number of likely N-dealkylation sites (N-methyl/N-ethyl adjacent to an activating group) is 1. The van der Waals surface area contributed by atoms with Gasteiger partial charge < -0.3 is 15.5 Å². The predicted molar refractivity (Wildman–Crippen MR) is 72.0 cm³/mol. The van der Waals surface area contributed by atoms with E-state index in [9.17, 15) is 8.78 Å². The van der Waals surface area contributed by atoms with Gasteiger partial charge in [0.1, 0.15) is 0 Å². The summed E-state index contributed by atoms with van der Waals surface area (Å²) in [7, 11) is 2.14. The summed E-state index contributed by atoms with van der Waals surface area (Å²) < 4.78 is 25.8. The van der Waals surface area contributed by atoms with E-state index in [0.717, 1.165) is 38.2 Å². The van der Waals surface area contributed by atoms with Gasteiger partial charge >= 0.3 is 0 Å². The van der Waals surface area contributed by atoms with Gasteiger partial charge in [-0.3, -0.25) is 0 Å². The predicted octanol–water partition coefficient (Wildman–Crippen LogP) is 1.35. The van der Waals surface area contributed by atoms with Crippen LogP contribution in [0.5, 0.6) is 0 Å². The Morgan fingerprint density at radius 3 is 2.95 bits per heavy atom. The molecule has 0 aromatic heterocycles. The molecule has 1 aliphatic heterocycles. The van der Waals surface area contributed by atoms with E-state index in [1.807, 2.05) is 0 Å². The first-order valence-electron chi connectivity index (χ1n) is 6.72. The van der Waals surface area contributed by atoms with Crippen molar-refractivity contribution in [2.75, 3.05) is 33.2 Å². The van der Waals surface area contributed by atoms with Crippen LogP contribution in [0.3, 0.4) is 0 Å². The van der Waals surface area contributed by atoms with Crippen LogP contribution in [-0.4, -0.2) is 44.2 Å². The lowest BCUT2D eigenvalue weighted by molar-refractivity contribution is 0.189. The molecule has 1 unspecified atom stereocenters. The van der Waals surface area contributed by atoms with Crippen LogP contribution in [0, 0.1) is 11.6 Å². The summed E-state index contributed by atoms with van der Waals surface area (Å²) in [4.78, 5) is 2.36. The van der Waals surface area contributed by atoms with Crippen LogP contribution in [-0.2, 0) is 6.54 Å². The molecule has 1 aromatic rings. The number of benzene rings is 1. The average Bonchev–Trinajstić information content (AvgIpc) is 2.40. The Balaban J connectivity index is 1.70. The highest BCUT2D eigenvalue weighted by molar-refractivity contribution is 5.17. The van der Waals surface area contributed by atoms with E-state index in [0.29, 0.717) is 12.6 Å². The van der Waals surface area contributed by atoms with Crippen LogP contribution in [0.4, 0.5) is 8.78 Å². The second kappa shape index (κ2) is 6.93. The smallest absolute Gasteiger partial charge is 0.159 e. The van der Waals surface area contributed by atoms with E-state index in [2.05, 4.69) is 22.6 Å². The maximum Gasteiger partial charge on any atom is 0.159 e. The Labute approximate surface area is 113 Å². The first-order valence-corrected chi connectivity index (χ1v) is 6.72. The molecule has 1 fully saturated rings. The third kappa shape index (κ3) is 4.23. The number of halogens is 2. The van der Waals surface area contributed by atoms with Gasteiger partial charge in [-0.05, 0) is 37.7 Å². The fourth-order valence-corrected chi connectivity index (χ4v) is 2.34. The number of nitrogens with zero attached hydrogens (tertiary/aromatic N) is 1. The lowest BCUT2D eigenvalue weighted by Gasteiger charge is -2.33. The molecule has 5 heteroatoms. The minimum atomic E-state index is -0.793. The van der Waals surface area contributed by atoms with Crippen molar-refractivity contribution < 1.29 is 8.78 Å². The molecule has 0 aliphatic carbocycles. The summed E-state index contributed by atoms with van der Waals surface area (Å²) >= 11 is 0. The van der Waals surface area contributed by atoms with Crippen molar-refractivity contribution in [2.24, 2.45) is 0 Å². The number of piperazine rings is 1. The van der Waals surface area contributed by atoms with E-state index in [1.54, 1.807) is 6.07 Å². The normalized spacial score (nSPS) is 20.7. The van der Waals surface area contributed by atoms with Crippen LogP contribution < -0.4 is 10.6 Å². The minimum Gasteiger partial charge on any atom is -0.314 e. The van der Waals surface area contributed by atoms with Crippen molar-refractivity contribution in [2.45, 2.75) is 19.0 Å². The molecule has 0 bridgehead atoms. The van der Waals surface area contributed by atoms with Crippen LogP contribution >= 0.6 is 0 Å². The summed E-state index contributed by atoms with van der Waals surface area (Å²) in [6, 6.07) is 4.58. The number of hydrogen-bond donors (Lipinski definition) is 2. The monoisotopic (exact) mass is 269 g/mol. The van der Waals surface area contributed by atoms with E-state index in [1.165, 1.54) is 12.1 Å². The second-order valence-corrected chi connectivity index (χ2v) is 5.05. The molecular weight excluding hydrogens is 248 g/mol. The summed E-state index contributed by atoms with van der Waals surface area (Å²) in [5.74, 6) is -1.57. The van der Waals surface area contributed by atoms with E-state index in [4.69, 9.17) is 0 Å². The maximum absolute atomic E-state index is 13.0. The van der Waals surface area contributed by atoms with Gasteiger partial charge in [0.2, 0.25) is 0 Å². The van der Waals surface area contributed by atoms with Crippen molar-refractivity contribution in [1.82, 2.24) is 15.5 Å². The quantitative estimate of drug-likeness (QED) is 0.790. The number of rotatable bonds is 5. The molecule has 2 N–H and O–H groups in total. The molecule has 0 saturated carbocycles. The second-order valence-electron chi connectivity index (χ2n) is 5.05. The molecule has 1 aromatic carbocycles. The summed E-state index contributed by atoms with van der Waals surface area (Å²) in [6.07, 6.45) is 1.05. The maximum atomic E-state index is 13.0. The average molecular weight is 269 g/mol. The zero-order valence-electron chi connectivity index (χ0n) is 11.3. The Morgan fingerprint density at radius 1 is 1.37 bits per heavy atom. The van der Waals surface area contributed by atoms with Gasteiger partial charge in [0, 0.05) is 32.2 Å². The van der Waals surface area contributed by atoms with E-state index >= 15 is 0 Å². The van der Waals surface area contributed by atoms with Crippen molar-refractivity contribution in [3.63, 3.8) is 0 Å². The van der Waals surface area contributed by atoms with Gasteiger partial charge in [0.05, 0.1) is 0 Å². The highest BCUT2D eigenvalue weighted by Gasteiger charge is 2.17. The van der Waals surface area contributed by atoms with Crippen LogP contribution in [0.2, 0.25) is 0 Å². The summed E-state index contributed by atoms with van der Waals surface area (Å²) in [6.45, 7) is 4.59. The minimum absolute atomic E-state index is 0.547. The molecule has 1 saturated heterocycles. The zero-order chi connectivity index (χ0) is 13.7. The molecule has 0 radical (unpaired) electrons. The number of nitrogens with one attached hydrogen (secondary N) is 2. The molecule has 0 spiro atoms. The fourth-order valence-electron chi connectivity index (χ4n) is 2.34. The largest absolute Gasteiger partial charge is 0.314 e. The SMILES string of the molecule is CN1CCNCC1CCNCc1ccc(F)c(F)c1. The topological polar surface area (TPSA) is 27.3 Å². The van der Waals surface area contributed by atoms with Crippen molar-refractivity contribution in [3.8, 4) is 0 Å². The van der Waals surface area contributed by atoms with Crippen molar-refractivity contribution in [1.29, 1.82) is 0 Å². The Hall–Kier alpha value is -1.04. The van der Waals surface area contributed by atoms with Crippen LogP contribution in [0.15, 0.2) is 18.2 Å². The lowest BCUT2D eigenvalue weighted by atomic mass is 10.1. The molecule has 106 valence electrons. The molecule has 1 atom stereocenters. The Kier molecular flexibility index (Phi) is 5.24. The molecule has 2 rings (SSSR count). The summed E-state index contributed by atoms with van der Waals surface area (Å²) in [5.41, 5.74) is 0.772. The zero-order valence-corrected chi connectivity index (χ0v) is 11.3. The molecule has 3 nitrogen and oxygen atoms in total. The molecule has 1 aliphatic rings. The first-order chi connectivity index (χ1) is 9.16. The van der Waals surface area contributed by atoms with Crippen molar-refractivity contribution >= 4 is 0 Å². The third-order valence-corrected chi connectivity index (χ3v) is 3.61. The standard InChI is InChI=1S/C14H21F2N3/c1-19-7-6-18-10-12(19)4-5-17-9-11-2-3-13(15)14(16)8-11/h2-3,8,12,17-18H,4-7,9-10H2,1H3. The highest BCUT2D eigenvalue weighted by Crippen LogP contribution is 2.08. The van der Waals surface area contributed by atoms with E-state index in [-0.39, 0.29) is 0 Å². The summed E-state index contributed by atoms with van der Waals surface area (Å²) in [5, 5.41) is 6.65. The molecule has 19 heavy (non-hydrogen) atoms. The third-order valence-electron chi connectivity index (χ3n) is 3.61. The van der Waals surface area contributed by atoms with Gasteiger partial charge in [0.25, 0.3) is 0 Å².